The van der Waals surface area contributed by atoms with E-state index < -0.39 is 42.4 Å². The van der Waals surface area contributed by atoms with Gasteiger partial charge >= 0.3 is 6.36 Å². The highest BCUT2D eigenvalue weighted by Gasteiger charge is 2.38. The van der Waals surface area contributed by atoms with Crippen LogP contribution in [0.2, 0.25) is 0 Å². The van der Waals surface area contributed by atoms with Crippen LogP contribution in [0, 0.1) is 0 Å². The summed E-state index contributed by atoms with van der Waals surface area (Å²) in [5.74, 6) is -1.31. The van der Waals surface area contributed by atoms with Gasteiger partial charge in [-0.25, -0.2) is 4.39 Å². The van der Waals surface area contributed by atoms with Gasteiger partial charge in [0, 0.05) is 24.9 Å². The molecule has 2 aliphatic heterocycles. The first-order valence-electron chi connectivity index (χ1n) is 10.8. The molecule has 2 aliphatic rings. The monoisotopic (exact) mass is 515 g/mol. The molecule has 188 valence electrons. The van der Waals surface area contributed by atoms with Gasteiger partial charge in [0.1, 0.15) is 23.2 Å². The van der Waals surface area contributed by atoms with Gasteiger partial charge in [0.25, 0.3) is 0 Å². The number of halogens is 4. The summed E-state index contributed by atoms with van der Waals surface area (Å²) in [6, 6.07) is 3.44. The smallest absolute Gasteiger partial charge is 0.403 e. The first-order valence-corrected chi connectivity index (χ1v) is 11.6. The van der Waals surface area contributed by atoms with E-state index in [9.17, 15) is 27.5 Å². The molecule has 9 nitrogen and oxygen atoms in total. The lowest BCUT2D eigenvalue weighted by atomic mass is 10.0. The number of carbonyl (C=O) groups excluding carboxylic acids is 1. The van der Waals surface area contributed by atoms with Gasteiger partial charge in [-0.2, -0.15) is 4.98 Å². The minimum atomic E-state index is -4.99. The van der Waals surface area contributed by atoms with E-state index >= 15 is 0 Å². The molecule has 4 heterocycles. The molecule has 3 N–H and O–H groups in total. The molecule has 2 saturated heterocycles. The van der Waals surface area contributed by atoms with Crippen LogP contribution in [-0.4, -0.2) is 70.9 Å². The van der Waals surface area contributed by atoms with Crippen LogP contribution in [-0.2, 0) is 4.79 Å². The van der Waals surface area contributed by atoms with Crippen LogP contribution < -0.4 is 15.4 Å². The minimum absolute atomic E-state index is 0.00612. The maximum atomic E-state index is 14.6. The third-order valence-corrected chi connectivity index (χ3v) is 7.21. The van der Waals surface area contributed by atoms with Gasteiger partial charge in [-0.3, -0.25) is 4.79 Å². The fourth-order valence-corrected chi connectivity index (χ4v) is 5.41. The van der Waals surface area contributed by atoms with Gasteiger partial charge in [0.2, 0.25) is 17.6 Å². The largest absolute Gasteiger partial charge is 0.573 e. The zero-order chi connectivity index (χ0) is 24.9. The first-order chi connectivity index (χ1) is 16.6. The van der Waals surface area contributed by atoms with Crippen LogP contribution in [0.4, 0.5) is 23.2 Å². The summed E-state index contributed by atoms with van der Waals surface area (Å²) in [6.45, 7) is 0.939. The van der Waals surface area contributed by atoms with Crippen LogP contribution in [0.1, 0.15) is 24.8 Å². The lowest BCUT2D eigenvalue weighted by Crippen LogP contribution is -2.46. The molecule has 35 heavy (non-hydrogen) atoms. The van der Waals surface area contributed by atoms with Crippen molar-refractivity contribution in [2.75, 3.05) is 25.5 Å². The van der Waals surface area contributed by atoms with E-state index in [-0.39, 0.29) is 34.9 Å². The Hall–Kier alpha value is -2.97. The van der Waals surface area contributed by atoms with Crippen molar-refractivity contribution in [2.45, 2.75) is 43.6 Å². The molecule has 14 heteroatoms. The van der Waals surface area contributed by atoms with E-state index in [4.69, 9.17) is 4.52 Å². The molecule has 0 unspecified atom stereocenters. The number of fused-ring (bicyclic) bond motifs is 1. The Kier molecular flexibility index (Phi) is 6.05. The SMILES string of the molecule is CN1CC[C@@H](Nc2cccc3c(OC(F)(F)F)c(-c4noc([C@H]5C[C@H](O)C(=O)N5)n4)sc23)[C@@H](F)C1. The minimum Gasteiger partial charge on any atom is -0.403 e. The molecule has 2 aromatic heterocycles. The Morgan fingerprint density at radius 3 is 2.86 bits per heavy atom. The molecule has 5 rings (SSSR count). The average Bonchev–Trinajstić information content (AvgIpc) is 3.48. The molecule has 1 amide bonds. The zero-order valence-electron chi connectivity index (χ0n) is 18.3. The van der Waals surface area contributed by atoms with Crippen molar-refractivity contribution in [1.82, 2.24) is 20.4 Å². The molecule has 3 aromatic rings. The Morgan fingerprint density at radius 2 is 2.17 bits per heavy atom. The van der Waals surface area contributed by atoms with E-state index in [1.807, 2.05) is 11.9 Å². The van der Waals surface area contributed by atoms with Crippen molar-refractivity contribution in [3.63, 3.8) is 0 Å². The first kappa shape index (κ1) is 23.8. The quantitative estimate of drug-likeness (QED) is 0.444. The molecule has 0 radical (unpaired) electrons. The molecule has 0 spiro atoms. The highest BCUT2D eigenvalue weighted by Crippen LogP contribution is 2.48. The lowest BCUT2D eigenvalue weighted by molar-refractivity contribution is -0.273. The standard InChI is InChI=1S/C21H21F4N5O4S/c1-30-6-5-11(10(22)8-30)26-12-4-2-3-9-15(33-21(23,24)25)17(35-16(9)12)18-28-20(34-29-18)13-7-14(31)19(32)27-13/h2-4,10-11,13-14,26,31H,5-8H2,1H3,(H,27,32)/t10-,11+,13+,14-/m0/s1. The molecular formula is C21H21F4N5O4S. The van der Waals surface area contributed by atoms with E-state index in [1.54, 1.807) is 12.1 Å². The third kappa shape index (κ3) is 4.77. The second kappa shape index (κ2) is 8.91. The van der Waals surface area contributed by atoms with Crippen molar-refractivity contribution in [3.8, 4) is 16.5 Å². The number of hydrogen-bond acceptors (Lipinski definition) is 9. The van der Waals surface area contributed by atoms with Crippen molar-refractivity contribution < 1.29 is 36.7 Å². The van der Waals surface area contributed by atoms with Gasteiger partial charge in [-0.1, -0.05) is 11.2 Å². The number of piperidine rings is 1. The van der Waals surface area contributed by atoms with Gasteiger partial charge in [0.15, 0.2) is 5.75 Å². The highest BCUT2D eigenvalue weighted by atomic mass is 32.1. The molecule has 4 atom stereocenters. The Labute approximate surface area is 200 Å². The Morgan fingerprint density at radius 1 is 1.37 bits per heavy atom. The van der Waals surface area contributed by atoms with E-state index in [0.717, 1.165) is 11.3 Å². The van der Waals surface area contributed by atoms with Gasteiger partial charge in [-0.05, 0) is 25.6 Å². The number of aliphatic hydroxyl groups excluding tert-OH is 1. The summed E-state index contributed by atoms with van der Waals surface area (Å²) in [5.41, 5.74) is 0.470. The molecule has 2 fully saturated rings. The summed E-state index contributed by atoms with van der Waals surface area (Å²) in [7, 11) is 1.83. The van der Waals surface area contributed by atoms with E-state index in [1.165, 1.54) is 6.07 Å². The number of rotatable bonds is 5. The summed E-state index contributed by atoms with van der Waals surface area (Å²) < 4.78 is 64.5. The lowest BCUT2D eigenvalue weighted by Gasteiger charge is -2.33. The van der Waals surface area contributed by atoms with Crippen LogP contribution in [0.15, 0.2) is 22.7 Å². The number of nitrogens with zero attached hydrogens (tertiary/aromatic N) is 3. The van der Waals surface area contributed by atoms with Gasteiger partial charge in [0.05, 0.1) is 16.4 Å². The topological polar surface area (TPSA) is 113 Å². The maximum Gasteiger partial charge on any atom is 0.573 e. The molecule has 0 saturated carbocycles. The van der Waals surface area contributed by atoms with Crippen LogP contribution in [0.3, 0.4) is 0 Å². The number of aliphatic hydroxyl groups is 1. The normalized spacial score (nSPS) is 25.7. The summed E-state index contributed by atoms with van der Waals surface area (Å²) in [4.78, 5) is 17.6. The van der Waals surface area contributed by atoms with Crippen LogP contribution in [0.5, 0.6) is 5.75 Å². The predicted molar refractivity (Wildman–Crippen MR) is 118 cm³/mol. The Balaban J connectivity index is 1.53. The fraction of sp³-hybridized carbons (Fsp3) is 0.476. The van der Waals surface area contributed by atoms with E-state index in [0.29, 0.717) is 23.4 Å². The van der Waals surface area contributed by atoms with E-state index in [2.05, 4.69) is 25.5 Å². The molecule has 1 aromatic carbocycles. The molecule has 0 aliphatic carbocycles. The maximum absolute atomic E-state index is 14.6. The van der Waals surface area contributed by atoms with Crippen molar-refractivity contribution in [1.29, 1.82) is 0 Å². The number of benzene rings is 1. The highest BCUT2D eigenvalue weighted by molar-refractivity contribution is 7.23. The summed E-state index contributed by atoms with van der Waals surface area (Å²) in [6.07, 6.45) is -6.85. The van der Waals surface area contributed by atoms with Crippen LogP contribution >= 0.6 is 11.3 Å². The Bertz CT molecular complexity index is 1250. The number of aromatic nitrogens is 2. The molecular weight excluding hydrogens is 494 g/mol. The fourth-order valence-electron chi connectivity index (χ4n) is 4.28. The zero-order valence-corrected chi connectivity index (χ0v) is 19.1. The number of ether oxygens (including phenoxy) is 1. The van der Waals surface area contributed by atoms with Crippen LogP contribution in [0.25, 0.3) is 20.8 Å². The molecule has 0 bridgehead atoms. The predicted octanol–water partition coefficient (Wildman–Crippen LogP) is 3.23. The number of amides is 1. The number of likely N-dealkylation sites (tertiary alicyclic amines) is 1. The number of alkyl halides is 4. The van der Waals surface area contributed by atoms with Gasteiger partial charge in [-0.15, -0.1) is 24.5 Å². The summed E-state index contributed by atoms with van der Waals surface area (Å²) in [5, 5.41) is 19.2. The third-order valence-electron chi connectivity index (χ3n) is 5.99. The van der Waals surface area contributed by atoms with Crippen molar-refractivity contribution >= 4 is 33.0 Å². The summed E-state index contributed by atoms with van der Waals surface area (Å²) >= 11 is 0.950. The number of hydrogen-bond donors (Lipinski definition) is 3. The second-order valence-corrected chi connectivity index (χ2v) is 9.60. The number of carbonyl (C=O) groups is 1. The second-order valence-electron chi connectivity index (χ2n) is 8.58. The number of nitrogens with one attached hydrogen (secondary N) is 2. The van der Waals surface area contributed by atoms with Crippen molar-refractivity contribution in [3.05, 3.63) is 24.1 Å². The number of thiophene rings is 1. The van der Waals surface area contributed by atoms with Gasteiger partial charge < -0.3 is 29.9 Å². The van der Waals surface area contributed by atoms with Crippen molar-refractivity contribution in [2.24, 2.45) is 0 Å². The number of anilines is 1. The average molecular weight is 515 g/mol.